The largest absolute Gasteiger partial charge is 0.444 e. The lowest BCUT2D eigenvalue weighted by molar-refractivity contribution is -0.136. The summed E-state index contributed by atoms with van der Waals surface area (Å²) in [5.74, 6) is -2.29. The van der Waals surface area contributed by atoms with Crippen molar-refractivity contribution in [3.8, 4) is 11.3 Å². The minimum Gasteiger partial charge on any atom is -0.444 e. The molecule has 3 N–H and O–H groups in total. The van der Waals surface area contributed by atoms with Crippen LogP contribution < -0.4 is 16.0 Å². The van der Waals surface area contributed by atoms with E-state index in [1.165, 1.54) is 38.1 Å². The smallest absolute Gasteiger partial charge is 0.408 e. The molecule has 5 rings (SSSR count). The molecule has 3 heterocycles. The summed E-state index contributed by atoms with van der Waals surface area (Å²) in [6.45, 7) is -4.56. The van der Waals surface area contributed by atoms with Gasteiger partial charge in [0, 0.05) is 79.1 Å². The molecule has 0 aliphatic carbocycles. The van der Waals surface area contributed by atoms with E-state index < -0.39 is 68.0 Å². The molecule has 0 bridgehead atoms. The highest BCUT2D eigenvalue weighted by atomic mass is 16.6. The number of anilines is 3. The van der Waals surface area contributed by atoms with Gasteiger partial charge in [-0.1, -0.05) is 32.0 Å². The number of amides is 3. The Balaban J connectivity index is 1.32. The number of nitrogens with one attached hydrogen (secondary N) is 3. The second-order valence-corrected chi connectivity index (χ2v) is 12.9. The van der Waals surface area contributed by atoms with Crippen molar-refractivity contribution in [2.75, 3.05) is 36.6 Å². The average molecular weight is 687 g/mol. The average Bonchev–Trinajstić information content (AvgIpc) is 3.13. The number of pyridine rings is 1. The number of benzene rings is 2. The summed E-state index contributed by atoms with van der Waals surface area (Å²) in [4.78, 5) is 53.1. The number of rotatable bonds is 10. The molecule has 1 aliphatic heterocycles. The Kier molecular flexibility index (Phi) is 8.43. The standard InChI is InChI=1S/C38H46N8O4/c1-25(2)33(44-37(49)50-38(4,5)6)35(48)46-20-18-45(19-21-46)24-27-10-12-28(13-11-27)34(47)41-30-14-9-26(3)32(22-30)43-36-40-17-15-31(42-36)29-8-7-16-39-23-29/h7-17,22-23,25,33H,18-21,24H2,1-6H3,(H,41,47)(H,44,49)(H,40,42,43)/i18D2,19D2,20D2,21D2. The van der Waals surface area contributed by atoms with Crippen LogP contribution in [0.25, 0.3) is 11.3 Å². The van der Waals surface area contributed by atoms with Crippen molar-refractivity contribution in [2.45, 2.75) is 59.7 Å². The van der Waals surface area contributed by atoms with Gasteiger partial charge in [-0.15, -0.1) is 0 Å². The predicted octanol–water partition coefficient (Wildman–Crippen LogP) is 6.04. The van der Waals surface area contributed by atoms with E-state index in [9.17, 15) is 14.4 Å². The van der Waals surface area contributed by atoms with Gasteiger partial charge < -0.3 is 25.6 Å². The third-order valence-corrected chi connectivity index (χ3v) is 7.33. The summed E-state index contributed by atoms with van der Waals surface area (Å²) < 4.78 is 75.6. The van der Waals surface area contributed by atoms with Crippen molar-refractivity contribution in [1.82, 2.24) is 30.1 Å². The Morgan fingerprint density at radius 3 is 2.38 bits per heavy atom. The van der Waals surface area contributed by atoms with E-state index in [4.69, 9.17) is 15.7 Å². The summed E-state index contributed by atoms with van der Waals surface area (Å²) in [6.07, 6.45) is 3.94. The van der Waals surface area contributed by atoms with Crippen molar-refractivity contribution >= 4 is 35.2 Å². The molecule has 2 aromatic heterocycles. The summed E-state index contributed by atoms with van der Waals surface area (Å²) in [7, 11) is 0. The minimum absolute atomic E-state index is 0.0927. The van der Waals surface area contributed by atoms with Crippen LogP contribution in [-0.4, -0.2) is 80.3 Å². The normalized spacial score (nSPS) is 20.6. The summed E-state index contributed by atoms with van der Waals surface area (Å²) in [6, 6.07) is 14.8. The lowest BCUT2D eigenvalue weighted by Crippen LogP contribution is -2.56. The summed E-state index contributed by atoms with van der Waals surface area (Å²) >= 11 is 0. The van der Waals surface area contributed by atoms with Gasteiger partial charge in [-0.3, -0.25) is 19.5 Å². The monoisotopic (exact) mass is 686 g/mol. The van der Waals surface area contributed by atoms with Gasteiger partial charge in [0.2, 0.25) is 11.9 Å². The topological polar surface area (TPSA) is 142 Å². The molecule has 1 unspecified atom stereocenters. The zero-order valence-corrected chi connectivity index (χ0v) is 28.7. The zero-order chi connectivity index (χ0) is 43.0. The maximum Gasteiger partial charge on any atom is 0.408 e. The van der Waals surface area contributed by atoms with Crippen LogP contribution >= 0.6 is 0 Å². The fourth-order valence-corrected chi connectivity index (χ4v) is 4.75. The quantitative estimate of drug-likeness (QED) is 0.182. The number of ether oxygens (including phenoxy) is 1. The first-order valence-corrected chi connectivity index (χ1v) is 16.0. The van der Waals surface area contributed by atoms with Gasteiger partial charge in [0.25, 0.3) is 5.91 Å². The SMILES string of the molecule is [2H]C1([2H])N(Cc2ccc(C(=O)Nc3ccc(C)c(Nc4nccc(-c5cccnc5)n4)c3)cc2)C([2H])([2H])C([2H])([2H])N(C(=O)C(NC(=O)OC(C)(C)C)C(C)C)C1([2H])[2H]. The zero-order valence-electron chi connectivity index (χ0n) is 36.7. The number of alkyl carbamates (subject to hydrolysis) is 1. The second kappa shape index (κ2) is 15.9. The molecule has 1 saturated heterocycles. The second-order valence-electron chi connectivity index (χ2n) is 12.9. The lowest BCUT2D eigenvalue weighted by atomic mass is 10.0. The van der Waals surface area contributed by atoms with E-state index in [1.54, 1.807) is 63.6 Å². The highest BCUT2D eigenvalue weighted by molar-refractivity contribution is 6.04. The molecule has 50 heavy (non-hydrogen) atoms. The molecule has 12 heteroatoms. The first-order valence-electron chi connectivity index (χ1n) is 20.0. The molecule has 1 fully saturated rings. The van der Waals surface area contributed by atoms with Gasteiger partial charge in [0.15, 0.2) is 0 Å². The number of aryl methyl sites for hydroxylation is 1. The van der Waals surface area contributed by atoms with Crippen molar-refractivity contribution in [3.05, 3.63) is 95.9 Å². The fourth-order valence-electron chi connectivity index (χ4n) is 4.75. The molecule has 3 amide bonds. The molecule has 4 aromatic rings. The van der Waals surface area contributed by atoms with Gasteiger partial charge in [-0.25, -0.2) is 14.8 Å². The van der Waals surface area contributed by atoms with Crippen LogP contribution in [0.4, 0.5) is 22.1 Å². The van der Waals surface area contributed by atoms with Crippen LogP contribution in [-0.2, 0) is 16.1 Å². The molecule has 1 aliphatic rings. The first kappa shape index (κ1) is 26.5. The van der Waals surface area contributed by atoms with Crippen LogP contribution in [0.5, 0.6) is 0 Å². The van der Waals surface area contributed by atoms with Crippen LogP contribution in [0.15, 0.2) is 79.3 Å². The van der Waals surface area contributed by atoms with E-state index >= 15 is 0 Å². The van der Waals surface area contributed by atoms with Gasteiger partial charge in [0.1, 0.15) is 11.6 Å². The van der Waals surface area contributed by atoms with E-state index in [1.807, 2.05) is 19.1 Å². The fraction of sp³-hybridized carbons (Fsp3) is 0.368. The molecule has 1 atom stereocenters. The molecule has 262 valence electrons. The van der Waals surface area contributed by atoms with Gasteiger partial charge >= 0.3 is 6.09 Å². The minimum atomic E-state index is -3.46. The highest BCUT2D eigenvalue weighted by Gasteiger charge is 2.32. The van der Waals surface area contributed by atoms with Crippen LogP contribution in [0.1, 0.15) is 67.1 Å². The van der Waals surface area contributed by atoms with Crippen molar-refractivity contribution in [1.29, 1.82) is 0 Å². The molecule has 0 radical (unpaired) electrons. The van der Waals surface area contributed by atoms with Crippen LogP contribution in [0.2, 0.25) is 0 Å². The van der Waals surface area contributed by atoms with E-state index in [-0.39, 0.29) is 16.0 Å². The number of piperazine rings is 1. The molecular formula is C38H46N8O4. The third-order valence-electron chi connectivity index (χ3n) is 7.33. The Bertz CT molecular complexity index is 2120. The Morgan fingerprint density at radius 2 is 1.72 bits per heavy atom. The molecule has 0 spiro atoms. The van der Waals surface area contributed by atoms with Gasteiger partial charge in [0.05, 0.1) is 11.2 Å². The van der Waals surface area contributed by atoms with E-state index in [2.05, 4.69) is 30.9 Å². The third kappa shape index (κ3) is 9.85. The van der Waals surface area contributed by atoms with Gasteiger partial charge in [-0.2, -0.15) is 0 Å². The molecular weight excluding hydrogens is 632 g/mol. The Morgan fingerprint density at radius 1 is 0.980 bits per heavy atom. The highest BCUT2D eigenvalue weighted by Crippen LogP contribution is 2.25. The van der Waals surface area contributed by atoms with E-state index in [0.717, 1.165) is 11.1 Å². The number of hydrogen-bond acceptors (Lipinski definition) is 9. The predicted molar refractivity (Wildman–Crippen MR) is 194 cm³/mol. The first-order chi connectivity index (χ1) is 26.9. The number of carbonyl (C=O) groups is 3. The van der Waals surface area contributed by atoms with Crippen molar-refractivity contribution in [3.63, 3.8) is 0 Å². The maximum atomic E-state index is 13.9. The number of nitrogens with zero attached hydrogens (tertiary/aromatic N) is 5. The van der Waals surface area contributed by atoms with E-state index in [0.29, 0.717) is 27.9 Å². The molecule has 2 aromatic carbocycles. The van der Waals surface area contributed by atoms with Crippen LogP contribution in [0, 0.1) is 12.8 Å². The van der Waals surface area contributed by atoms with Gasteiger partial charge in [-0.05, 0) is 87.2 Å². The Labute approximate surface area is 304 Å². The number of carbonyl (C=O) groups excluding carboxylic acids is 3. The summed E-state index contributed by atoms with van der Waals surface area (Å²) in [5, 5.41) is 8.32. The van der Waals surface area contributed by atoms with Crippen molar-refractivity contribution in [2.24, 2.45) is 5.92 Å². The number of aromatic nitrogens is 3. The Hall–Kier alpha value is -5.36. The number of hydrogen-bond donors (Lipinski definition) is 3. The summed E-state index contributed by atoms with van der Waals surface area (Å²) in [5.41, 5.74) is 2.88. The maximum absolute atomic E-state index is 13.9. The van der Waals surface area contributed by atoms with Crippen molar-refractivity contribution < 1.29 is 30.1 Å². The van der Waals surface area contributed by atoms with Crippen LogP contribution in [0.3, 0.4) is 0 Å². The molecule has 12 nitrogen and oxygen atoms in total. The molecule has 0 saturated carbocycles. The lowest BCUT2D eigenvalue weighted by Gasteiger charge is -2.37.